The normalized spacial score (nSPS) is 15.1. The van der Waals surface area contributed by atoms with Crippen LogP contribution in [0.15, 0.2) is 42.0 Å². The van der Waals surface area contributed by atoms with Gasteiger partial charge in [-0.25, -0.2) is 4.79 Å². The Morgan fingerprint density at radius 3 is 2.41 bits per heavy atom. The number of hydrogen-bond acceptors (Lipinski definition) is 3. The monoisotopic (exact) mass is 236 g/mol. The van der Waals surface area contributed by atoms with E-state index in [-0.39, 0.29) is 5.57 Å². The van der Waals surface area contributed by atoms with Crippen molar-refractivity contribution in [3.8, 4) is 5.75 Å². The minimum Gasteiger partial charge on any atom is -0.484 e. The summed E-state index contributed by atoms with van der Waals surface area (Å²) in [4.78, 5) is 10.7. The lowest BCUT2D eigenvalue weighted by atomic mass is 10.1. The molecule has 1 aromatic rings. The summed E-state index contributed by atoms with van der Waals surface area (Å²) in [5, 5.41) is 18.3. The molecule has 2 atom stereocenters. The highest BCUT2D eigenvalue weighted by Gasteiger charge is 2.16. The number of aliphatic hydroxyl groups is 1. The first kappa shape index (κ1) is 13.3. The lowest BCUT2D eigenvalue weighted by Crippen LogP contribution is -2.28. The zero-order chi connectivity index (χ0) is 12.8. The molecule has 0 aromatic heterocycles. The lowest BCUT2D eigenvalue weighted by molar-refractivity contribution is -0.132. The summed E-state index contributed by atoms with van der Waals surface area (Å²) in [5.74, 6) is -0.430. The number of carbonyl (C=O) groups is 1. The van der Waals surface area contributed by atoms with Gasteiger partial charge in [-0.1, -0.05) is 18.2 Å². The number of carboxylic acids is 1. The van der Waals surface area contributed by atoms with Gasteiger partial charge in [0.15, 0.2) is 0 Å². The molecule has 0 aliphatic heterocycles. The van der Waals surface area contributed by atoms with Crippen LogP contribution in [0.5, 0.6) is 5.75 Å². The molecule has 4 heteroatoms. The smallest absolute Gasteiger partial charge is 0.331 e. The molecule has 2 N–H and O–H groups in total. The lowest BCUT2D eigenvalue weighted by Gasteiger charge is -2.18. The van der Waals surface area contributed by atoms with Gasteiger partial charge in [-0.2, -0.15) is 0 Å². The van der Waals surface area contributed by atoms with E-state index in [1.807, 2.05) is 18.2 Å². The average molecular weight is 236 g/mol. The van der Waals surface area contributed by atoms with Crippen molar-refractivity contribution in [3.05, 3.63) is 42.0 Å². The Bertz CT molecular complexity index is 395. The Morgan fingerprint density at radius 2 is 1.94 bits per heavy atom. The Balaban J connectivity index is 2.81. The van der Waals surface area contributed by atoms with Gasteiger partial charge in [0.05, 0.1) is 6.10 Å². The first-order chi connectivity index (χ1) is 8.00. The van der Waals surface area contributed by atoms with E-state index < -0.39 is 18.2 Å². The Kier molecular flexibility index (Phi) is 4.72. The Labute approximate surface area is 100 Å². The van der Waals surface area contributed by atoms with Crippen LogP contribution >= 0.6 is 0 Å². The molecule has 0 fully saturated rings. The van der Waals surface area contributed by atoms with Crippen LogP contribution in [-0.4, -0.2) is 28.4 Å². The van der Waals surface area contributed by atoms with Crippen LogP contribution in [0.4, 0.5) is 0 Å². The van der Waals surface area contributed by atoms with Crippen molar-refractivity contribution in [1.82, 2.24) is 0 Å². The molecule has 1 aromatic carbocycles. The van der Waals surface area contributed by atoms with Gasteiger partial charge in [0.25, 0.3) is 0 Å². The first-order valence-electron chi connectivity index (χ1n) is 5.32. The van der Waals surface area contributed by atoms with Crippen molar-refractivity contribution in [2.75, 3.05) is 0 Å². The van der Waals surface area contributed by atoms with Gasteiger partial charge in [-0.15, -0.1) is 0 Å². The SMILES string of the molecule is CC(=CC(Oc1ccccc1)C(C)O)C(=O)O. The van der Waals surface area contributed by atoms with Gasteiger partial charge in [0.2, 0.25) is 0 Å². The second-order valence-electron chi connectivity index (χ2n) is 3.79. The molecule has 0 aliphatic rings. The molecule has 0 aliphatic carbocycles. The summed E-state index contributed by atoms with van der Waals surface area (Å²) in [7, 11) is 0. The fraction of sp³-hybridized carbons (Fsp3) is 0.308. The summed E-state index contributed by atoms with van der Waals surface area (Å²) in [6, 6.07) is 8.96. The molecule has 0 amide bonds. The van der Waals surface area contributed by atoms with Crippen LogP contribution in [-0.2, 0) is 4.79 Å². The highest BCUT2D eigenvalue weighted by Crippen LogP contribution is 2.14. The second-order valence-corrected chi connectivity index (χ2v) is 3.79. The van der Waals surface area contributed by atoms with E-state index >= 15 is 0 Å². The fourth-order valence-electron chi connectivity index (χ4n) is 1.25. The van der Waals surface area contributed by atoms with Crippen LogP contribution in [0.1, 0.15) is 13.8 Å². The van der Waals surface area contributed by atoms with Crippen LogP contribution in [0.25, 0.3) is 0 Å². The molecule has 4 nitrogen and oxygen atoms in total. The van der Waals surface area contributed by atoms with E-state index in [1.54, 1.807) is 19.1 Å². The largest absolute Gasteiger partial charge is 0.484 e. The molecule has 0 saturated carbocycles. The second kappa shape index (κ2) is 6.06. The third kappa shape index (κ3) is 4.28. The molecule has 0 saturated heterocycles. The van der Waals surface area contributed by atoms with E-state index in [2.05, 4.69) is 0 Å². The van der Waals surface area contributed by atoms with E-state index in [9.17, 15) is 9.90 Å². The van der Waals surface area contributed by atoms with E-state index in [1.165, 1.54) is 13.0 Å². The van der Waals surface area contributed by atoms with Crippen molar-refractivity contribution in [2.45, 2.75) is 26.1 Å². The van der Waals surface area contributed by atoms with Gasteiger partial charge >= 0.3 is 5.97 Å². The number of aliphatic hydroxyl groups excluding tert-OH is 1. The minimum atomic E-state index is -1.02. The van der Waals surface area contributed by atoms with Gasteiger partial charge in [-0.3, -0.25) is 0 Å². The molecule has 0 bridgehead atoms. The third-order valence-corrected chi connectivity index (χ3v) is 2.24. The number of hydrogen-bond donors (Lipinski definition) is 2. The average Bonchev–Trinajstić information content (AvgIpc) is 2.29. The number of para-hydroxylation sites is 1. The Hall–Kier alpha value is -1.81. The topological polar surface area (TPSA) is 66.8 Å². The first-order valence-corrected chi connectivity index (χ1v) is 5.32. The highest BCUT2D eigenvalue weighted by molar-refractivity contribution is 5.85. The fourth-order valence-corrected chi connectivity index (χ4v) is 1.25. The molecular weight excluding hydrogens is 220 g/mol. The quantitative estimate of drug-likeness (QED) is 0.765. The van der Waals surface area contributed by atoms with Crippen molar-refractivity contribution >= 4 is 5.97 Å². The van der Waals surface area contributed by atoms with Crippen molar-refractivity contribution in [3.63, 3.8) is 0 Å². The van der Waals surface area contributed by atoms with E-state index in [0.717, 1.165) is 0 Å². The minimum absolute atomic E-state index is 0.145. The molecule has 0 heterocycles. The number of carboxylic acid groups (broad SMARTS) is 1. The summed E-state index contributed by atoms with van der Waals surface area (Å²) >= 11 is 0. The predicted molar refractivity (Wildman–Crippen MR) is 63.9 cm³/mol. The Morgan fingerprint density at radius 1 is 1.35 bits per heavy atom. The third-order valence-electron chi connectivity index (χ3n) is 2.24. The van der Waals surface area contributed by atoms with Crippen molar-refractivity contribution in [2.24, 2.45) is 0 Å². The zero-order valence-corrected chi connectivity index (χ0v) is 9.83. The molecule has 0 spiro atoms. The van der Waals surface area contributed by atoms with Gasteiger partial charge in [0, 0.05) is 5.57 Å². The standard InChI is InChI=1S/C13H16O4/c1-9(13(15)16)8-12(10(2)14)17-11-6-4-3-5-7-11/h3-8,10,12,14H,1-2H3,(H,15,16). The van der Waals surface area contributed by atoms with Crippen LogP contribution in [0.2, 0.25) is 0 Å². The summed E-state index contributed by atoms with van der Waals surface area (Å²) in [5.41, 5.74) is 0.145. The van der Waals surface area contributed by atoms with E-state index in [0.29, 0.717) is 5.75 Å². The molecule has 17 heavy (non-hydrogen) atoms. The number of ether oxygens (including phenoxy) is 1. The van der Waals surface area contributed by atoms with Crippen LogP contribution < -0.4 is 4.74 Å². The summed E-state index contributed by atoms with van der Waals surface area (Å²) in [6.45, 7) is 3.02. The van der Waals surface area contributed by atoms with E-state index in [4.69, 9.17) is 9.84 Å². The van der Waals surface area contributed by atoms with Crippen molar-refractivity contribution < 1.29 is 19.7 Å². The molecule has 92 valence electrons. The number of rotatable bonds is 5. The number of aliphatic carboxylic acids is 1. The zero-order valence-electron chi connectivity index (χ0n) is 9.83. The molecule has 1 rings (SSSR count). The molecule has 2 unspecified atom stereocenters. The van der Waals surface area contributed by atoms with Crippen LogP contribution in [0, 0.1) is 0 Å². The summed E-state index contributed by atoms with van der Waals surface area (Å²) in [6.07, 6.45) is -0.0574. The van der Waals surface area contributed by atoms with Gasteiger partial charge in [-0.05, 0) is 32.1 Å². The van der Waals surface area contributed by atoms with Gasteiger partial charge in [0.1, 0.15) is 11.9 Å². The predicted octanol–water partition coefficient (Wildman–Crippen LogP) is 1.85. The summed E-state index contributed by atoms with van der Waals surface area (Å²) < 4.78 is 5.51. The van der Waals surface area contributed by atoms with Crippen LogP contribution in [0.3, 0.4) is 0 Å². The maximum Gasteiger partial charge on any atom is 0.331 e. The maximum absolute atomic E-state index is 10.7. The molecular formula is C13H16O4. The van der Waals surface area contributed by atoms with Gasteiger partial charge < -0.3 is 14.9 Å². The maximum atomic E-state index is 10.7. The van der Waals surface area contributed by atoms with Crippen molar-refractivity contribution in [1.29, 1.82) is 0 Å². The highest BCUT2D eigenvalue weighted by atomic mass is 16.5. The molecule has 0 radical (unpaired) electrons. The number of benzene rings is 1.